The second-order valence-electron chi connectivity index (χ2n) is 6.10. The standard InChI is InChI=1S/C15H23NO2/c1-10(11-7-12(17)9-13(18)8-11)16-14-5-4-6-15(14,2)3/h7-10,14,16-18H,4-6H2,1-3H3. The van der Waals surface area contributed by atoms with E-state index >= 15 is 0 Å². The Kier molecular flexibility index (Phi) is 3.53. The fourth-order valence-corrected chi connectivity index (χ4v) is 2.90. The van der Waals surface area contributed by atoms with Crippen LogP contribution in [0, 0.1) is 5.41 Å². The number of nitrogens with one attached hydrogen (secondary N) is 1. The van der Waals surface area contributed by atoms with Crippen LogP contribution in [-0.4, -0.2) is 16.3 Å². The van der Waals surface area contributed by atoms with Gasteiger partial charge in [0.1, 0.15) is 11.5 Å². The van der Waals surface area contributed by atoms with E-state index in [1.165, 1.54) is 25.3 Å². The first kappa shape index (κ1) is 13.2. The lowest BCUT2D eigenvalue weighted by molar-refractivity contribution is 0.266. The highest BCUT2D eigenvalue weighted by molar-refractivity contribution is 5.38. The molecule has 1 aromatic carbocycles. The van der Waals surface area contributed by atoms with E-state index in [-0.39, 0.29) is 17.5 Å². The molecule has 0 aromatic heterocycles. The maximum Gasteiger partial charge on any atom is 0.119 e. The highest BCUT2D eigenvalue weighted by atomic mass is 16.3. The highest BCUT2D eigenvalue weighted by Gasteiger charge is 2.35. The van der Waals surface area contributed by atoms with Gasteiger partial charge in [-0.15, -0.1) is 0 Å². The van der Waals surface area contributed by atoms with Crippen molar-refractivity contribution in [3.63, 3.8) is 0 Å². The van der Waals surface area contributed by atoms with Gasteiger partial charge in [-0.25, -0.2) is 0 Å². The summed E-state index contributed by atoms with van der Waals surface area (Å²) in [6, 6.07) is 5.40. The van der Waals surface area contributed by atoms with Gasteiger partial charge in [-0.2, -0.15) is 0 Å². The molecule has 2 unspecified atom stereocenters. The molecule has 2 rings (SSSR count). The van der Waals surface area contributed by atoms with Crippen LogP contribution in [0.2, 0.25) is 0 Å². The summed E-state index contributed by atoms with van der Waals surface area (Å²) in [5.41, 5.74) is 1.25. The van der Waals surface area contributed by atoms with Gasteiger partial charge in [-0.05, 0) is 42.9 Å². The molecule has 100 valence electrons. The zero-order valence-corrected chi connectivity index (χ0v) is 11.4. The van der Waals surface area contributed by atoms with Crippen LogP contribution in [0.25, 0.3) is 0 Å². The number of hydrogen-bond donors (Lipinski definition) is 3. The van der Waals surface area contributed by atoms with Gasteiger partial charge in [0.2, 0.25) is 0 Å². The van der Waals surface area contributed by atoms with Crippen LogP contribution >= 0.6 is 0 Å². The fourth-order valence-electron chi connectivity index (χ4n) is 2.90. The molecule has 0 bridgehead atoms. The van der Waals surface area contributed by atoms with Gasteiger partial charge in [0, 0.05) is 18.2 Å². The molecular weight excluding hydrogens is 226 g/mol. The highest BCUT2D eigenvalue weighted by Crippen LogP contribution is 2.38. The van der Waals surface area contributed by atoms with Crippen LogP contribution in [0.1, 0.15) is 51.6 Å². The molecule has 1 aliphatic rings. The first-order valence-electron chi connectivity index (χ1n) is 6.67. The van der Waals surface area contributed by atoms with Crippen molar-refractivity contribution >= 4 is 0 Å². The quantitative estimate of drug-likeness (QED) is 0.770. The predicted octanol–water partition coefficient (Wildman–Crippen LogP) is 3.33. The molecule has 0 spiro atoms. The maximum atomic E-state index is 9.52. The molecule has 0 radical (unpaired) electrons. The average molecular weight is 249 g/mol. The van der Waals surface area contributed by atoms with Crippen molar-refractivity contribution in [2.45, 2.75) is 52.1 Å². The van der Waals surface area contributed by atoms with E-state index in [2.05, 4.69) is 26.1 Å². The van der Waals surface area contributed by atoms with Crippen LogP contribution in [0.5, 0.6) is 11.5 Å². The van der Waals surface area contributed by atoms with Gasteiger partial charge in [-0.3, -0.25) is 0 Å². The Morgan fingerprint density at radius 3 is 2.33 bits per heavy atom. The minimum Gasteiger partial charge on any atom is -0.508 e. The normalized spacial score (nSPS) is 24.1. The van der Waals surface area contributed by atoms with E-state index in [1.54, 1.807) is 12.1 Å². The number of benzene rings is 1. The predicted molar refractivity (Wildman–Crippen MR) is 72.7 cm³/mol. The van der Waals surface area contributed by atoms with Crippen LogP contribution in [0.4, 0.5) is 0 Å². The Bertz CT molecular complexity index is 408. The van der Waals surface area contributed by atoms with Crippen molar-refractivity contribution in [1.29, 1.82) is 0 Å². The van der Waals surface area contributed by atoms with E-state index in [4.69, 9.17) is 0 Å². The SMILES string of the molecule is CC(NC1CCCC1(C)C)c1cc(O)cc(O)c1. The molecule has 0 aliphatic heterocycles. The summed E-state index contributed by atoms with van der Waals surface area (Å²) in [7, 11) is 0. The number of hydrogen-bond acceptors (Lipinski definition) is 3. The van der Waals surface area contributed by atoms with E-state index in [0.29, 0.717) is 11.5 Å². The molecule has 18 heavy (non-hydrogen) atoms. The van der Waals surface area contributed by atoms with E-state index in [1.807, 2.05) is 0 Å². The first-order valence-corrected chi connectivity index (χ1v) is 6.67. The van der Waals surface area contributed by atoms with Crippen molar-refractivity contribution in [3.05, 3.63) is 23.8 Å². The molecule has 1 aromatic rings. The fraction of sp³-hybridized carbons (Fsp3) is 0.600. The maximum absolute atomic E-state index is 9.52. The van der Waals surface area contributed by atoms with Crippen molar-refractivity contribution in [2.24, 2.45) is 5.41 Å². The number of rotatable bonds is 3. The van der Waals surface area contributed by atoms with Gasteiger partial charge in [0.25, 0.3) is 0 Å². The summed E-state index contributed by atoms with van der Waals surface area (Å²) in [5, 5.41) is 22.7. The van der Waals surface area contributed by atoms with Gasteiger partial charge in [0.05, 0.1) is 0 Å². The Balaban J connectivity index is 2.09. The summed E-state index contributed by atoms with van der Waals surface area (Å²) in [6.07, 6.45) is 3.72. The van der Waals surface area contributed by atoms with Gasteiger partial charge >= 0.3 is 0 Å². The van der Waals surface area contributed by atoms with Crippen molar-refractivity contribution in [2.75, 3.05) is 0 Å². The third-order valence-electron chi connectivity index (χ3n) is 4.13. The monoisotopic (exact) mass is 249 g/mol. The molecule has 1 aliphatic carbocycles. The van der Waals surface area contributed by atoms with Gasteiger partial charge in [0.15, 0.2) is 0 Å². The third-order valence-corrected chi connectivity index (χ3v) is 4.13. The average Bonchev–Trinajstić information content (AvgIpc) is 2.57. The Hall–Kier alpha value is -1.22. The largest absolute Gasteiger partial charge is 0.508 e. The van der Waals surface area contributed by atoms with Crippen molar-refractivity contribution in [3.8, 4) is 11.5 Å². The van der Waals surface area contributed by atoms with Crippen molar-refractivity contribution < 1.29 is 10.2 Å². The van der Waals surface area contributed by atoms with Crippen LogP contribution in [0.3, 0.4) is 0 Å². The summed E-state index contributed by atoms with van der Waals surface area (Å²) in [4.78, 5) is 0. The topological polar surface area (TPSA) is 52.5 Å². The van der Waals surface area contributed by atoms with Gasteiger partial charge in [-0.1, -0.05) is 20.3 Å². The summed E-state index contributed by atoms with van der Waals surface area (Å²) in [6.45, 7) is 6.66. The summed E-state index contributed by atoms with van der Waals surface area (Å²) in [5.74, 6) is 0.230. The van der Waals surface area contributed by atoms with Gasteiger partial charge < -0.3 is 15.5 Å². The zero-order valence-electron chi connectivity index (χ0n) is 11.4. The minimum absolute atomic E-state index is 0.115. The lowest BCUT2D eigenvalue weighted by Gasteiger charge is -2.31. The number of phenolic OH excluding ortho intramolecular Hbond substituents is 2. The Morgan fingerprint density at radius 2 is 1.83 bits per heavy atom. The second kappa shape index (κ2) is 4.81. The smallest absolute Gasteiger partial charge is 0.119 e. The van der Waals surface area contributed by atoms with E-state index in [9.17, 15) is 10.2 Å². The lowest BCUT2D eigenvalue weighted by Crippen LogP contribution is -2.39. The van der Waals surface area contributed by atoms with Crippen LogP contribution in [-0.2, 0) is 0 Å². The Morgan fingerprint density at radius 1 is 1.22 bits per heavy atom. The molecule has 1 saturated carbocycles. The number of aromatic hydroxyl groups is 2. The minimum atomic E-state index is 0.115. The Labute approximate surface area is 109 Å². The van der Waals surface area contributed by atoms with Crippen LogP contribution < -0.4 is 5.32 Å². The summed E-state index contributed by atoms with van der Waals surface area (Å²) >= 11 is 0. The van der Waals surface area contributed by atoms with Crippen LogP contribution in [0.15, 0.2) is 18.2 Å². The second-order valence-corrected chi connectivity index (χ2v) is 6.10. The third kappa shape index (κ3) is 2.78. The van der Waals surface area contributed by atoms with Crippen molar-refractivity contribution in [1.82, 2.24) is 5.32 Å². The molecule has 2 atom stereocenters. The molecule has 1 fully saturated rings. The first-order chi connectivity index (χ1) is 8.38. The molecule has 0 amide bonds. The number of phenols is 2. The van der Waals surface area contributed by atoms with E-state index in [0.717, 1.165) is 5.56 Å². The molecule has 3 heteroatoms. The molecule has 3 N–H and O–H groups in total. The molecule has 0 heterocycles. The molecule has 0 saturated heterocycles. The summed E-state index contributed by atoms with van der Waals surface area (Å²) < 4.78 is 0. The lowest BCUT2D eigenvalue weighted by atomic mass is 9.86. The van der Waals surface area contributed by atoms with E-state index < -0.39 is 0 Å². The molecular formula is C15H23NO2. The zero-order chi connectivity index (χ0) is 13.3. The molecule has 3 nitrogen and oxygen atoms in total.